The number of carbonyl (C=O) groups is 2. The Morgan fingerprint density at radius 3 is 2.84 bits per heavy atom. The monoisotopic (exact) mass is 460 g/mol. The van der Waals surface area contributed by atoms with E-state index in [1.54, 1.807) is 14.2 Å². The SMILES string of the molecule is CCCC(=O)NCC1CCCN(CC(=O)Nc2nc(-c3ccc(OC)cc3OC)cs2)C1. The molecule has 1 saturated heterocycles. The highest BCUT2D eigenvalue weighted by Gasteiger charge is 2.22. The van der Waals surface area contributed by atoms with Gasteiger partial charge in [-0.3, -0.25) is 14.5 Å². The predicted molar refractivity (Wildman–Crippen MR) is 126 cm³/mol. The van der Waals surface area contributed by atoms with Gasteiger partial charge in [0.15, 0.2) is 5.13 Å². The van der Waals surface area contributed by atoms with Gasteiger partial charge in [0.1, 0.15) is 11.5 Å². The van der Waals surface area contributed by atoms with Crippen LogP contribution in [0.5, 0.6) is 11.5 Å². The maximum atomic E-state index is 12.6. The number of nitrogens with one attached hydrogen (secondary N) is 2. The first-order valence-corrected chi connectivity index (χ1v) is 11.9. The third kappa shape index (κ3) is 6.67. The number of hydrogen-bond donors (Lipinski definition) is 2. The maximum Gasteiger partial charge on any atom is 0.240 e. The van der Waals surface area contributed by atoms with Crippen LogP contribution in [0, 0.1) is 5.92 Å². The fourth-order valence-corrected chi connectivity index (χ4v) is 4.59. The summed E-state index contributed by atoms with van der Waals surface area (Å²) in [4.78, 5) is 31.0. The summed E-state index contributed by atoms with van der Waals surface area (Å²) in [6.07, 6.45) is 3.52. The molecule has 1 atom stereocenters. The van der Waals surface area contributed by atoms with Gasteiger partial charge in [-0.25, -0.2) is 4.98 Å². The largest absolute Gasteiger partial charge is 0.497 e. The number of ether oxygens (including phenoxy) is 2. The number of amides is 2. The lowest BCUT2D eigenvalue weighted by molar-refractivity contribution is -0.121. The fraction of sp³-hybridized carbons (Fsp3) is 0.522. The van der Waals surface area contributed by atoms with Gasteiger partial charge in [0.25, 0.3) is 0 Å². The molecule has 0 aliphatic carbocycles. The number of carbonyl (C=O) groups excluding carboxylic acids is 2. The Morgan fingerprint density at radius 2 is 2.09 bits per heavy atom. The van der Waals surface area contributed by atoms with Crippen molar-refractivity contribution in [2.45, 2.75) is 32.6 Å². The molecule has 1 fully saturated rings. The number of rotatable bonds is 10. The van der Waals surface area contributed by atoms with Gasteiger partial charge in [-0.2, -0.15) is 0 Å². The smallest absolute Gasteiger partial charge is 0.240 e. The number of benzene rings is 1. The lowest BCUT2D eigenvalue weighted by atomic mass is 9.98. The van der Waals surface area contributed by atoms with E-state index in [0.717, 1.165) is 43.6 Å². The van der Waals surface area contributed by atoms with Gasteiger partial charge < -0.3 is 20.1 Å². The predicted octanol–water partition coefficient (Wildman–Crippen LogP) is 3.39. The standard InChI is InChI=1S/C23H32N4O4S/c1-4-6-21(28)24-12-16-7-5-10-27(13-16)14-22(29)26-23-25-19(15-32-23)18-9-8-17(30-2)11-20(18)31-3/h8-9,11,15-16H,4-7,10,12-14H2,1-3H3,(H,24,28)(H,25,26,29). The summed E-state index contributed by atoms with van der Waals surface area (Å²) in [6.45, 7) is 4.70. The molecule has 9 heteroatoms. The zero-order chi connectivity index (χ0) is 22.9. The molecule has 1 aliphatic heterocycles. The molecule has 0 radical (unpaired) electrons. The maximum absolute atomic E-state index is 12.6. The number of likely N-dealkylation sites (tertiary alicyclic amines) is 1. The molecule has 2 amide bonds. The summed E-state index contributed by atoms with van der Waals surface area (Å²) in [7, 11) is 3.21. The Hall–Kier alpha value is -2.65. The molecular weight excluding hydrogens is 428 g/mol. The normalized spacial score (nSPS) is 16.4. The van der Waals surface area contributed by atoms with Crippen LogP contribution in [0.4, 0.5) is 5.13 Å². The van der Waals surface area contributed by atoms with Gasteiger partial charge >= 0.3 is 0 Å². The van der Waals surface area contributed by atoms with E-state index in [9.17, 15) is 9.59 Å². The molecule has 1 aromatic heterocycles. The lowest BCUT2D eigenvalue weighted by Crippen LogP contribution is -2.43. The zero-order valence-corrected chi connectivity index (χ0v) is 19.8. The van der Waals surface area contributed by atoms with Gasteiger partial charge in [0.05, 0.1) is 26.5 Å². The Kier molecular flexibility index (Phi) is 8.87. The van der Waals surface area contributed by atoms with Gasteiger partial charge in [-0.1, -0.05) is 6.92 Å². The Balaban J connectivity index is 1.52. The van der Waals surface area contributed by atoms with Crippen molar-refractivity contribution in [3.05, 3.63) is 23.6 Å². The molecule has 0 saturated carbocycles. The number of piperidine rings is 1. The summed E-state index contributed by atoms with van der Waals surface area (Å²) in [5.74, 6) is 1.78. The van der Waals surface area contributed by atoms with Gasteiger partial charge in [0, 0.05) is 36.5 Å². The van der Waals surface area contributed by atoms with Crippen LogP contribution in [0.15, 0.2) is 23.6 Å². The number of methoxy groups -OCH3 is 2. The number of nitrogens with zero attached hydrogens (tertiary/aromatic N) is 2. The summed E-state index contributed by atoms with van der Waals surface area (Å²) in [5, 5.41) is 8.38. The second-order valence-electron chi connectivity index (χ2n) is 7.95. The van der Waals surface area contributed by atoms with Crippen molar-refractivity contribution in [1.82, 2.24) is 15.2 Å². The second kappa shape index (κ2) is 11.8. The first kappa shape index (κ1) is 24.0. The first-order valence-electron chi connectivity index (χ1n) is 11.0. The Morgan fingerprint density at radius 1 is 1.25 bits per heavy atom. The van der Waals surface area contributed by atoms with E-state index in [-0.39, 0.29) is 11.8 Å². The van der Waals surface area contributed by atoms with Crippen molar-refractivity contribution in [2.75, 3.05) is 45.7 Å². The lowest BCUT2D eigenvalue weighted by Gasteiger charge is -2.32. The van der Waals surface area contributed by atoms with Crippen molar-refractivity contribution >= 4 is 28.3 Å². The molecule has 174 valence electrons. The molecule has 1 aliphatic rings. The van der Waals surface area contributed by atoms with E-state index in [1.165, 1.54) is 11.3 Å². The van der Waals surface area contributed by atoms with Crippen LogP contribution in [0.2, 0.25) is 0 Å². The van der Waals surface area contributed by atoms with Crippen LogP contribution in [0.3, 0.4) is 0 Å². The average Bonchev–Trinajstić information content (AvgIpc) is 3.25. The van der Waals surface area contributed by atoms with Crippen LogP contribution in [-0.2, 0) is 9.59 Å². The number of hydrogen-bond acceptors (Lipinski definition) is 7. The van der Waals surface area contributed by atoms with E-state index in [2.05, 4.69) is 20.5 Å². The highest BCUT2D eigenvalue weighted by molar-refractivity contribution is 7.14. The van der Waals surface area contributed by atoms with Crippen LogP contribution < -0.4 is 20.1 Å². The second-order valence-corrected chi connectivity index (χ2v) is 8.81. The molecule has 32 heavy (non-hydrogen) atoms. The first-order chi connectivity index (χ1) is 15.5. The minimum atomic E-state index is -0.0803. The van der Waals surface area contributed by atoms with Crippen LogP contribution in [0.1, 0.15) is 32.6 Å². The summed E-state index contributed by atoms with van der Waals surface area (Å²) < 4.78 is 10.7. The van der Waals surface area contributed by atoms with E-state index in [0.29, 0.717) is 42.1 Å². The fourth-order valence-electron chi connectivity index (χ4n) is 3.86. The number of anilines is 1. The third-order valence-corrected chi connectivity index (χ3v) is 6.23. The van der Waals surface area contributed by atoms with E-state index >= 15 is 0 Å². The molecule has 8 nitrogen and oxygen atoms in total. The van der Waals surface area contributed by atoms with Crippen LogP contribution in [0.25, 0.3) is 11.3 Å². The molecule has 1 unspecified atom stereocenters. The number of aromatic nitrogens is 1. The van der Waals surface area contributed by atoms with Gasteiger partial charge in [-0.15, -0.1) is 11.3 Å². The Bertz CT molecular complexity index is 917. The average molecular weight is 461 g/mol. The molecule has 0 bridgehead atoms. The Labute approximate surface area is 193 Å². The highest BCUT2D eigenvalue weighted by Crippen LogP contribution is 2.34. The topological polar surface area (TPSA) is 92.8 Å². The minimum Gasteiger partial charge on any atom is -0.497 e. The van der Waals surface area contributed by atoms with Crippen LogP contribution >= 0.6 is 11.3 Å². The summed E-state index contributed by atoms with van der Waals surface area (Å²) in [6, 6.07) is 5.56. The molecule has 1 aromatic carbocycles. The molecule has 2 N–H and O–H groups in total. The molecule has 0 spiro atoms. The molecular formula is C23H32N4O4S. The van der Waals surface area contributed by atoms with Crippen molar-refractivity contribution in [2.24, 2.45) is 5.92 Å². The molecule has 3 rings (SSSR count). The van der Waals surface area contributed by atoms with Gasteiger partial charge in [0.2, 0.25) is 11.8 Å². The van der Waals surface area contributed by atoms with E-state index in [1.807, 2.05) is 30.5 Å². The molecule has 2 heterocycles. The quantitative estimate of drug-likeness (QED) is 0.565. The highest BCUT2D eigenvalue weighted by atomic mass is 32.1. The van der Waals surface area contributed by atoms with Gasteiger partial charge in [-0.05, 0) is 43.9 Å². The third-order valence-electron chi connectivity index (χ3n) is 5.47. The van der Waals surface area contributed by atoms with E-state index < -0.39 is 0 Å². The summed E-state index contributed by atoms with van der Waals surface area (Å²) >= 11 is 1.38. The summed E-state index contributed by atoms with van der Waals surface area (Å²) in [5.41, 5.74) is 1.58. The molecule has 2 aromatic rings. The van der Waals surface area contributed by atoms with Crippen molar-refractivity contribution in [3.8, 4) is 22.8 Å². The number of thiazole rings is 1. The zero-order valence-electron chi connectivity index (χ0n) is 19.0. The van der Waals surface area contributed by atoms with E-state index in [4.69, 9.17) is 9.47 Å². The van der Waals surface area contributed by atoms with Crippen molar-refractivity contribution < 1.29 is 19.1 Å². The van der Waals surface area contributed by atoms with Crippen molar-refractivity contribution in [1.29, 1.82) is 0 Å². The van der Waals surface area contributed by atoms with Crippen LogP contribution in [-0.4, -0.2) is 62.1 Å². The van der Waals surface area contributed by atoms with Crippen molar-refractivity contribution in [3.63, 3.8) is 0 Å². The minimum absolute atomic E-state index is 0.0803.